The molecule has 1 aliphatic rings. The van der Waals surface area contributed by atoms with E-state index in [2.05, 4.69) is 66.4 Å². The van der Waals surface area contributed by atoms with E-state index in [4.69, 9.17) is 0 Å². The first-order valence-corrected chi connectivity index (χ1v) is 8.71. The fraction of sp³-hybridized carbons (Fsp3) is 0.429. The van der Waals surface area contributed by atoms with Crippen LogP contribution in [0, 0.1) is 12.8 Å². The van der Waals surface area contributed by atoms with Crippen LogP contribution in [0.15, 0.2) is 54.6 Å². The van der Waals surface area contributed by atoms with Crippen molar-refractivity contribution in [3.8, 4) is 0 Å². The number of aryl methyl sites for hydroxylation is 1. The largest absolute Gasteiger partial charge is 0.396 e. The van der Waals surface area contributed by atoms with E-state index in [-0.39, 0.29) is 0 Å². The van der Waals surface area contributed by atoms with E-state index in [9.17, 15) is 5.11 Å². The molecule has 0 radical (unpaired) electrons. The molecule has 1 fully saturated rings. The van der Waals surface area contributed by atoms with Crippen molar-refractivity contribution in [2.45, 2.75) is 32.2 Å². The molecule has 2 nitrogen and oxygen atoms in total. The summed E-state index contributed by atoms with van der Waals surface area (Å²) in [7, 11) is 0. The second-order valence-electron chi connectivity index (χ2n) is 6.77. The van der Waals surface area contributed by atoms with Gasteiger partial charge in [0.1, 0.15) is 0 Å². The molecule has 122 valence electrons. The maximum atomic E-state index is 9.58. The highest BCUT2D eigenvalue weighted by Crippen LogP contribution is 2.34. The molecule has 1 aliphatic heterocycles. The van der Waals surface area contributed by atoms with Gasteiger partial charge in [0.05, 0.1) is 0 Å². The Labute approximate surface area is 139 Å². The summed E-state index contributed by atoms with van der Waals surface area (Å²) < 4.78 is 0. The number of hydrogen-bond donors (Lipinski definition) is 1. The van der Waals surface area contributed by atoms with Gasteiger partial charge < -0.3 is 5.11 Å². The Morgan fingerprint density at radius 2 is 1.78 bits per heavy atom. The Balaban J connectivity index is 1.72. The van der Waals surface area contributed by atoms with Crippen LogP contribution < -0.4 is 0 Å². The molecule has 0 aromatic heterocycles. The average Bonchev–Trinajstić information content (AvgIpc) is 2.61. The third kappa shape index (κ3) is 4.21. The Bertz CT molecular complexity index is 593. The van der Waals surface area contributed by atoms with Gasteiger partial charge >= 0.3 is 0 Å². The van der Waals surface area contributed by atoms with Crippen LogP contribution in [0.4, 0.5) is 0 Å². The van der Waals surface area contributed by atoms with E-state index in [0.29, 0.717) is 18.6 Å². The third-order valence-electron chi connectivity index (χ3n) is 5.07. The van der Waals surface area contributed by atoms with Crippen LogP contribution in [0.5, 0.6) is 0 Å². The molecule has 23 heavy (non-hydrogen) atoms. The van der Waals surface area contributed by atoms with E-state index >= 15 is 0 Å². The number of aliphatic hydroxyl groups is 1. The standard InChI is InChI=1S/C21H27NO/c1-17-7-9-20(10-8-17)21-15-19(16-23)12-14-22(21)13-11-18-5-3-2-4-6-18/h2-10,19,21,23H,11-16H2,1H3. The van der Waals surface area contributed by atoms with Crippen molar-refractivity contribution in [1.29, 1.82) is 0 Å². The van der Waals surface area contributed by atoms with Crippen LogP contribution in [0.2, 0.25) is 0 Å². The number of aliphatic hydroxyl groups excluding tert-OH is 1. The first-order valence-electron chi connectivity index (χ1n) is 8.71. The molecule has 1 N–H and O–H groups in total. The van der Waals surface area contributed by atoms with Gasteiger partial charge in [0.25, 0.3) is 0 Å². The van der Waals surface area contributed by atoms with Crippen LogP contribution in [-0.4, -0.2) is 29.7 Å². The molecular formula is C21H27NO. The lowest BCUT2D eigenvalue weighted by molar-refractivity contribution is 0.0813. The molecule has 0 saturated carbocycles. The maximum absolute atomic E-state index is 9.58. The van der Waals surface area contributed by atoms with Gasteiger partial charge in [0.15, 0.2) is 0 Å². The van der Waals surface area contributed by atoms with Gasteiger partial charge in [-0.3, -0.25) is 4.90 Å². The van der Waals surface area contributed by atoms with Crippen molar-refractivity contribution in [2.24, 2.45) is 5.92 Å². The highest BCUT2D eigenvalue weighted by molar-refractivity contribution is 5.25. The fourth-order valence-electron chi connectivity index (χ4n) is 3.57. The summed E-state index contributed by atoms with van der Waals surface area (Å²) in [6.07, 6.45) is 3.26. The van der Waals surface area contributed by atoms with Gasteiger partial charge in [-0.2, -0.15) is 0 Å². The summed E-state index contributed by atoms with van der Waals surface area (Å²) in [5.41, 5.74) is 4.10. The van der Waals surface area contributed by atoms with Gasteiger partial charge in [-0.15, -0.1) is 0 Å². The van der Waals surface area contributed by atoms with E-state index in [0.717, 1.165) is 32.4 Å². The molecule has 1 saturated heterocycles. The lowest BCUT2D eigenvalue weighted by atomic mass is 9.87. The van der Waals surface area contributed by atoms with Crippen LogP contribution in [0.25, 0.3) is 0 Å². The van der Waals surface area contributed by atoms with Crippen molar-refractivity contribution in [3.05, 3.63) is 71.3 Å². The minimum absolute atomic E-state index is 0.314. The van der Waals surface area contributed by atoms with Gasteiger partial charge in [-0.05, 0) is 49.8 Å². The van der Waals surface area contributed by atoms with Crippen LogP contribution in [0.3, 0.4) is 0 Å². The first kappa shape index (κ1) is 16.2. The van der Waals surface area contributed by atoms with Gasteiger partial charge in [-0.25, -0.2) is 0 Å². The summed E-state index contributed by atoms with van der Waals surface area (Å²) in [6.45, 7) is 4.61. The predicted octanol–water partition coefficient (Wildman–Crippen LogP) is 3.98. The van der Waals surface area contributed by atoms with E-state index in [1.807, 2.05) is 0 Å². The number of benzene rings is 2. The minimum Gasteiger partial charge on any atom is -0.396 e. The molecule has 2 unspecified atom stereocenters. The highest BCUT2D eigenvalue weighted by Gasteiger charge is 2.28. The van der Waals surface area contributed by atoms with Crippen LogP contribution >= 0.6 is 0 Å². The zero-order valence-corrected chi connectivity index (χ0v) is 14.0. The molecule has 0 bridgehead atoms. The van der Waals surface area contributed by atoms with Gasteiger partial charge in [-0.1, -0.05) is 60.2 Å². The number of nitrogens with zero attached hydrogens (tertiary/aromatic N) is 1. The van der Waals surface area contributed by atoms with Gasteiger partial charge in [0, 0.05) is 19.2 Å². The number of piperidine rings is 1. The Morgan fingerprint density at radius 1 is 1.04 bits per heavy atom. The average molecular weight is 309 g/mol. The van der Waals surface area contributed by atoms with Crippen LogP contribution in [-0.2, 0) is 6.42 Å². The van der Waals surface area contributed by atoms with Crippen molar-refractivity contribution in [3.63, 3.8) is 0 Å². The molecule has 0 spiro atoms. The Morgan fingerprint density at radius 3 is 2.48 bits per heavy atom. The summed E-state index contributed by atoms with van der Waals surface area (Å²) in [5.74, 6) is 0.439. The van der Waals surface area contributed by atoms with Crippen molar-refractivity contribution in [2.75, 3.05) is 19.7 Å². The maximum Gasteiger partial charge on any atom is 0.0460 e. The first-order chi connectivity index (χ1) is 11.3. The van der Waals surface area contributed by atoms with E-state index in [1.165, 1.54) is 16.7 Å². The third-order valence-corrected chi connectivity index (χ3v) is 5.07. The molecule has 0 amide bonds. The van der Waals surface area contributed by atoms with E-state index in [1.54, 1.807) is 0 Å². The van der Waals surface area contributed by atoms with Crippen molar-refractivity contribution < 1.29 is 5.11 Å². The Hall–Kier alpha value is -1.64. The normalized spacial score (nSPS) is 22.2. The molecule has 2 aromatic rings. The lowest BCUT2D eigenvalue weighted by Crippen LogP contribution is -2.39. The highest BCUT2D eigenvalue weighted by atomic mass is 16.3. The Kier molecular flexibility index (Phi) is 5.47. The molecule has 2 heteroatoms. The molecular weight excluding hydrogens is 282 g/mol. The molecule has 2 atom stereocenters. The van der Waals surface area contributed by atoms with Gasteiger partial charge in [0.2, 0.25) is 0 Å². The SMILES string of the molecule is Cc1ccc(C2CC(CO)CCN2CCc2ccccc2)cc1. The fourth-order valence-corrected chi connectivity index (χ4v) is 3.57. The second kappa shape index (κ2) is 7.76. The monoisotopic (exact) mass is 309 g/mol. The zero-order chi connectivity index (χ0) is 16.1. The van der Waals surface area contributed by atoms with E-state index < -0.39 is 0 Å². The quantitative estimate of drug-likeness (QED) is 0.903. The number of hydrogen-bond acceptors (Lipinski definition) is 2. The second-order valence-corrected chi connectivity index (χ2v) is 6.77. The minimum atomic E-state index is 0.314. The molecule has 1 heterocycles. The van der Waals surface area contributed by atoms with Crippen molar-refractivity contribution >= 4 is 0 Å². The topological polar surface area (TPSA) is 23.5 Å². The summed E-state index contributed by atoms with van der Waals surface area (Å²) in [6, 6.07) is 20.1. The van der Waals surface area contributed by atoms with Crippen LogP contribution in [0.1, 0.15) is 35.6 Å². The summed E-state index contributed by atoms with van der Waals surface area (Å²) >= 11 is 0. The zero-order valence-electron chi connectivity index (χ0n) is 14.0. The summed E-state index contributed by atoms with van der Waals surface area (Å²) in [4.78, 5) is 2.60. The lowest BCUT2D eigenvalue weighted by Gasteiger charge is -2.39. The molecule has 0 aliphatic carbocycles. The molecule has 2 aromatic carbocycles. The predicted molar refractivity (Wildman–Crippen MR) is 95.4 cm³/mol. The van der Waals surface area contributed by atoms with Crippen molar-refractivity contribution in [1.82, 2.24) is 4.90 Å². The smallest absolute Gasteiger partial charge is 0.0460 e. The number of likely N-dealkylation sites (tertiary alicyclic amines) is 1. The summed E-state index contributed by atoms with van der Waals surface area (Å²) in [5, 5.41) is 9.58. The molecule has 3 rings (SSSR count). The number of rotatable bonds is 5.